The quantitative estimate of drug-likeness (QED) is 0.414. The van der Waals surface area contributed by atoms with Gasteiger partial charge in [0, 0.05) is 24.5 Å². The van der Waals surface area contributed by atoms with Crippen LogP contribution in [0.3, 0.4) is 0 Å². The average molecular weight is 337 g/mol. The Labute approximate surface area is 135 Å². The minimum Gasteiger partial charge on any atom is -0.481 e. The van der Waals surface area contributed by atoms with E-state index in [9.17, 15) is 39.8 Å². The van der Waals surface area contributed by atoms with Gasteiger partial charge in [0.15, 0.2) is 5.78 Å². The Balaban J connectivity index is 2.67. The average Bonchev–Trinajstić information content (AvgIpc) is 2.44. The fourth-order valence-corrected chi connectivity index (χ4v) is 3.29. The van der Waals surface area contributed by atoms with Crippen molar-refractivity contribution in [1.29, 1.82) is 0 Å². The van der Waals surface area contributed by atoms with Crippen molar-refractivity contribution in [2.45, 2.75) is 24.9 Å². The maximum atomic E-state index is 12.2. The van der Waals surface area contributed by atoms with Gasteiger partial charge in [-0.15, -0.1) is 0 Å². The lowest BCUT2D eigenvalue weighted by atomic mass is 9.62. The van der Waals surface area contributed by atoms with E-state index in [1.165, 1.54) is 12.1 Å². The monoisotopic (exact) mass is 337 g/mol. The molecule has 0 bridgehead atoms. The highest BCUT2D eigenvalue weighted by Crippen LogP contribution is 2.46. The molecule has 1 fully saturated rings. The number of rotatable bonds is 4. The van der Waals surface area contributed by atoms with Gasteiger partial charge in [0.25, 0.3) is 5.69 Å². The third-order valence-electron chi connectivity index (χ3n) is 4.27. The maximum absolute atomic E-state index is 12.2. The molecule has 0 aliphatic heterocycles. The van der Waals surface area contributed by atoms with Crippen molar-refractivity contribution in [3.8, 4) is 0 Å². The zero-order valence-corrected chi connectivity index (χ0v) is 12.6. The van der Waals surface area contributed by atoms with Crippen LogP contribution in [0.25, 0.3) is 0 Å². The van der Waals surface area contributed by atoms with Crippen LogP contribution in [0.2, 0.25) is 0 Å². The molecule has 1 aromatic rings. The van der Waals surface area contributed by atoms with Crippen molar-refractivity contribution >= 4 is 23.4 Å². The topological polar surface area (TPSA) is 155 Å². The molecule has 1 aromatic carbocycles. The van der Waals surface area contributed by atoms with E-state index in [2.05, 4.69) is 0 Å². The Bertz CT molecular complexity index is 726. The number of hydrogen-bond donors (Lipinski definition) is 3. The van der Waals surface area contributed by atoms with Gasteiger partial charge < -0.3 is 15.3 Å². The van der Waals surface area contributed by atoms with Crippen LogP contribution in [0, 0.1) is 22.0 Å². The number of nitrogens with zero attached hydrogens (tertiary/aromatic N) is 1. The maximum Gasteiger partial charge on any atom is 0.314 e. The Morgan fingerprint density at radius 2 is 1.92 bits per heavy atom. The Kier molecular flexibility index (Phi) is 4.39. The fraction of sp³-hybridized carbons (Fsp3) is 0.400. The molecule has 0 spiro atoms. The summed E-state index contributed by atoms with van der Waals surface area (Å²) in [6.45, 7) is 1.14. The standard InChI is InChI=1S/C15H15NO8/c1-15(22)6-9(17)11(13(18)19)10(12(15)14(20)21)7-3-2-4-8(5-7)16(23)24/h2-5,10-12,22H,6H2,1H3,(H,18,19)(H,20,21). The predicted molar refractivity (Wildman–Crippen MR) is 78.3 cm³/mol. The summed E-state index contributed by atoms with van der Waals surface area (Å²) < 4.78 is 0. The molecule has 0 amide bonds. The molecule has 4 atom stereocenters. The third kappa shape index (κ3) is 2.98. The highest BCUT2D eigenvalue weighted by molar-refractivity contribution is 6.02. The van der Waals surface area contributed by atoms with Crippen LogP contribution in [0.15, 0.2) is 24.3 Å². The summed E-state index contributed by atoms with van der Waals surface area (Å²) in [6, 6.07) is 4.79. The largest absolute Gasteiger partial charge is 0.481 e. The van der Waals surface area contributed by atoms with Crippen molar-refractivity contribution in [2.75, 3.05) is 0 Å². The number of hydrogen-bond acceptors (Lipinski definition) is 6. The zero-order chi connectivity index (χ0) is 18.2. The second kappa shape index (κ2) is 6.00. The van der Waals surface area contributed by atoms with Gasteiger partial charge >= 0.3 is 11.9 Å². The highest BCUT2D eigenvalue weighted by atomic mass is 16.6. The van der Waals surface area contributed by atoms with Crippen LogP contribution >= 0.6 is 0 Å². The second-order valence-electron chi connectivity index (χ2n) is 6.01. The van der Waals surface area contributed by atoms with Crippen molar-refractivity contribution in [3.63, 3.8) is 0 Å². The van der Waals surface area contributed by atoms with Crippen LogP contribution in [0.5, 0.6) is 0 Å². The first-order valence-electron chi connectivity index (χ1n) is 7.01. The van der Waals surface area contributed by atoms with E-state index < -0.39 is 52.4 Å². The number of Topliss-reactive ketones (excluding diaryl/α,β-unsaturated/α-hetero) is 1. The molecule has 0 saturated heterocycles. The predicted octanol–water partition coefficient (Wildman–Crippen LogP) is 0.804. The Morgan fingerprint density at radius 1 is 1.29 bits per heavy atom. The van der Waals surface area contributed by atoms with Crippen molar-refractivity contribution in [3.05, 3.63) is 39.9 Å². The lowest BCUT2D eigenvalue weighted by molar-refractivity contribution is -0.385. The molecule has 9 nitrogen and oxygen atoms in total. The number of carboxylic acids is 2. The highest BCUT2D eigenvalue weighted by Gasteiger charge is 2.56. The Hall–Kier alpha value is -2.81. The lowest BCUT2D eigenvalue weighted by Gasteiger charge is -2.42. The van der Waals surface area contributed by atoms with Crippen LogP contribution < -0.4 is 0 Å². The molecule has 0 radical (unpaired) electrons. The molecule has 0 heterocycles. The molecular formula is C15H15NO8. The van der Waals surface area contributed by atoms with Gasteiger partial charge in [-0.05, 0) is 12.5 Å². The van der Waals surface area contributed by atoms with Crippen molar-refractivity contribution < 1.29 is 34.6 Å². The summed E-state index contributed by atoms with van der Waals surface area (Å²) in [6.07, 6.45) is -0.619. The van der Waals surface area contributed by atoms with Gasteiger partial charge in [-0.25, -0.2) is 0 Å². The zero-order valence-electron chi connectivity index (χ0n) is 12.6. The molecule has 24 heavy (non-hydrogen) atoms. The van der Waals surface area contributed by atoms with Gasteiger partial charge in [0.05, 0.1) is 16.4 Å². The molecule has 128 valence electrons. The number of non-ortho nitro benzene ring substituents is 1. The summed E-state index contributed by atoms with van der Waals surface area (Å²) in [7, 11) is 0. The Morgan fingerprint density at radius 3 is 2.42 bits per heavy atom. The third-order valence-corrected chi connectivity index (χ3v) is 4.27. The van der Waals surface area contributed by atoms with E-state index >= 15 is 0 Å². The van der Waals surface area contributed by atoms with Gasteiger partial charge in [-0.1, -0.05) is 12.1 Å². The number of aliphatic carboxylic acids is 2. The van der Waals surface area contributed by atoms with Gasteiger partial charge in [-0.2, -0.15) is 0 Å². The van der Waals surface area contributed by atoms with E-state index in [0.29, 0.717) is 0 Å². The number of benzene rings is 1. The van der Waals surface area contributed by atoms with Gasteiger partial charge in [-0.3, -0.25) is 24.5 Å². The van der Waals surface area contributed by atoms with Crippen LogP contribution in [-0.4, -0.2) is 43.6 Å². The van der Waals surface area contributed by atoms with Crippen molar-refractivity contribution in [1.82, 2.24) is 0 Å². The second-order valence-corrected chi connectivity index (χ2v) is 6.01. The molecule has 2 rings (SSSR count). The summed E-state index contributed by atoms with van der Waals surface area (Å²) in [5.74, 6) is -8.54. The molecule has 1 aliphatic rings. The minimum atomic E-state index is -1.97. The molecular weight excluding hydrogens is 322 g/mol. The SMILES string of the molecule is CC1(O)CC(=O)C(C(=O)O)C(c2cccc([N+](=O)[O-])c2)C1C(=O)O. The number of carbonyl (C=O) groups is 3. The van der Waals surface area contributed by atoms with Gasteiger partial charge in [0.2, 0.25) is 0 Å². The number of ketones is 1. The van der Waals surface area contributed by atoms with Crippen LogP contribution in [-0.2, 0) is 14.4 Å². The normalized spacial score (nSPS) is 29.9. The number of nitro groups is 1. The van der Waals surface area contributed by atoms with Crippen LogP contribution in [0.4, 0.5) is 5.69 Å². The van der Waals surface area contributed by atoms with Crippen LogP contribution in [0.1, 0.15) is 24.8 Å². The molecule has 9 heteroatoms. The first kappa shape index (κ1) is 17.5. The van der Waals surface area contributed by atoms with E-state index in [4.69, 9.17) is 0 Å². The van der Waals surface area contributed by atoms with E-state index in [0.717, 1.165) is 19.1 Å². The van der Waals surface area contributed by atoms with Gasteiger partial charge in [0.1, 0.15) is 5.92 Å². The smallest absolute Gasteiger partial charge is 0.314 e. The molecule has 1 saturated carbocycles. The molecule has 1 aliphatic carbocycles. The minimum absolute atomic E-state index is 0.0114. The summed E-state index contributed by atoms with van der Waals surface area (Å²) in [5.41, 5.74) is -2.32. The summed E-state index contributed by atoms with van der Waals surface area (Å²) in [5, 5.41) is 40.1. The number of carboxylic acid groups (broad SMARTS) is 2. The summed E-state index contributed by atoms with van der Waals surface area (Å²) >= 11 is 0. The molecule has 0 aromatic heterocycles. The molecule has 3 N–H and O–H groups in total. The van der Waals surface area contributed by atoms with E-state index in [1.807, 2.05) is 0 Å². The van der Waals surface area contributed by atoms with E-state index in [1.54, 1.807) is 0 Å². The first-order chi connectivity index (χ1) is 11.1. The number of nitro benzene ring substituents is 1. The van der Waals surface area contributed by atoms with Crippen molar-refractivity contribution in [2.24, 2.45) is 11.8 Å². The fourth-order valence-electron chi connectivity index (χ4n) is 3.29. The van der Waals surface area contributed by atoms with E-state index in [-0.39, 0.29) is 11.3 Å². The summed E-state index contributed by atoms with van der Waals surface area (Å²) in [4.78, 5) is 45.5. The lowest BCUT2D eigenvalue weighted by Crippen LogP contribution is -2.54. The first-order valence-corrected chi connectivity index (χ1v) is 7.01. The number of aliphatic hydroxyl groups is 1. The number of carbonyl (C=O) groups excluding carboxylic acids is 1. The molecule has 4 unspecified atom stereocenters.